The number of carboxylic acid groups (broad SMARTS) is 1. The first-order valence-corrected chi connectivity index (χ1v) is 11.6. The van der Waals surface area contributed by atoms with E-state index in [1.165, 1.54) is 9.80 Å². The molecule has 0 aliphatic heterocycles. The highest BCUT2D eigenvalue weighted by atomic mass is 32.1. The first kappa shape index (κ1) is 24.9. The molecule has 7 heteroatoms. The molecule has 1 aliphatic rings. The van der Waals surface area contributed by atoms with Crippen LogP contribution in [-0.4, -0.2) is 47.9 Å². The third kappa shape index (κ3) is 6.33. The maximum Gasteiger partial charge on any atom is 0.348 e. The van der Waals surface area contributed by atoms with Crippen LogP contribution in [0.4, 0.5) is 5.69 Å². The molecule has 1 fully saturated rings. The lowest BCUT2D eigenvalue weighted by Gasteiger charge is -2.35. The van der Waals surface area contributed by atoms with Gasteiger partial charge in [0.15, 0.2) is 0 Å². The van der Waals surface area contributed by atoms with Crippen molar-refractivity contribution in [3.63, 3.8) is 0 Å². The van der Waals surface area contributed by atoms with Crippen molar-refractivity contribution >= 4 is 34.8 Å². The number of likely N-dealkylation sites (N-methyl/N-ethyl adjacent to an activating group) is 1. The van der Waals surface area contributed by atoms with Crippen molar-refractivity contribution in [3.05, 3.63) is 15.8 Å². The minimum atomic E-state index is -1.12. The van der Waals surface area contributed by atoms with E-state index in [0.717, 1.165) is 37.0 Å². The van der Waals surface area contributed by atoms with Crippen LogP contribution in [-0.2, 0) is 9.59 Å². The quantitative estimate of drug-likeness (QED) is 0.677. The molecule has 1 atom stereocenters. The molecule has 1 unspecified atom stereocenters. The Hall–Kier alpha value is -2.33. The van der Waals surface area contributed by atoms with Gasteiger partial charge in [-0.05, 0) is 65.4 Å². The Bertz CT molecular complexity index is 893. The molecule has 1 aliphatic carbocycles. The summed E-state index contributed by atoms with van der Waals surface area (Å²) in [4.78, 5) is 41.9. The number of carboxylic acids is 1. The van der Waals surface area contributed by atoms with Crippen molar-refractivity contribution < 1.29 is 19.5 Å². The molecular weight excluding hydrogens is 412 g/mol. The molecule has 2 amide bonds. The number of aromatic carboxylic acids is 1. The summed E-state index contributed by atoms with van der Waals surface area (Å²) in [5.74, 6) is 4.98. The monoisotopic (exact) mass is 446 g/mol. The van der Waals surface area contributed by atoms with Gasteiger partial charge in [-0.3, -0.25) is 14.5 Å². The normalized spacial score (nSPS) is 19.7. The van der Waals surface area contributed by atoms with E-state index in [0.29, 0.717) is 10.8 Å². The molecule has 170 valence electrons. The van der Waals surface area contributed by atoms with Gasteiger partial charge in [-0.25, -0.2) is 4.79 Å². The minimum Gasteiger partial charge on any atom is -0.477 e. The minimum absolute atomic E-state index is 0.0362. The number of carbonyl (C=O) groups excluding carboxylic acids is 2. The van der Waals surface area contributed by atoms with E-state index in [2.05, 4.69) is 18.8 Å². The van der Waals surface area contributed by atoms with Gasteiger partial charge in [-0.2, -0.15) is 0 Å². The second-order valence-electron chi connectivity index (χ2n) is 9.70. The third-order valence-corrected chi connectivity index (χ3v) is 6.54. The highest BCUT2D eigenvalue weighted by molar-refractivity contribution is 7.15. The molecule has 2 rings (SSSR count). The number of hydrogen-bond acceptors (Lipinski definition) is 4. The maximum absolute atomic E-state index is 13.6. The largest absolute Gasteiger partial charge is 0.477 e. The Kier molecular flexibility index (Phi) is 7.93. The molecule has 0 aromatic carbocycles. The van der Waals surface area contributed by atoms with Crippen LogP contribution in [0, 0.1) is 29.1 Å². The van der Waals surface area contributed by atoms with Gasteiger partial charge in [0.2, 0.25) is 11.8 Å². The summed E-state index contributed by atoms with van der Waals surface area (Å²) in [5, 5.41) is 9.84. The maximum atomic E-state index is 13.6. The topological polar surface area (TPSA) is 77.9 Å². The fourth-order valence-electron chi connectivity index (χ4n) is 3.73. The molecular formula is C24H34N2O4S. The zero-order chi connectivity index (χ0) is 23.5. The number of nitrogens with zero attached hydrogens (tertiary/aromatic N) is 2. The smallest absolute Gasteiger partial charge is 0.348 e. The van der Waals surface area contributed by atoms with Crippen molar-refractivity contribution in [1.82, 2.24) is 4.90 Å². The summed E-state index contributed by atoms with van der Waals surface area (Å²) in [6.45, 7) is 9.77. The highest BCUT2D eigenvalue weighted by Crippen LogP contribution is 2.36. The Morgan fingerprint density at radius 1 is 1.16 bits per heavy atom. The van der Waals surface area contributed by atoms with E-state index in [1.807, 2.05) is 20.8 Å². The Morgan fingerprint density at radius 3 is 2.23 bits per heavy atom. The molecule has 31 heavy (non-hydrogen) atoms. The van der Waals surface area contributed by atoms with E-state index >= 15 is 0 Å². The Labute approximate surface area is 189 Å². The van der Waals surface area contributed by atoms with Crippen molar-refractivity contribution in [2.24, 2.45) is 17.3 Å². The molecule has 1 saturated carbocycles. The molecule has 0 radical (unpaired) electrons. The first-order valence-electron chi connectivity index (χ1n) is 10.8. The Balaban J connectivity index is 2.55. The van der Waals surface area contributed by atoms with Crippen LogP contribution in [0.1, 0.15) is 74.9 Å². The standard InChI is InChI=1S/C24H34N2O4S/c1-15-8-10-17(11-9-15)22(28)26(16(2)21(27)25(6)7)19-14-18(12-13-24(3,4)5)31-20(19)23(29)30/h14-17H,8-11H2,1-7H3,(H,29,30)/t15-,16?,17-. The lowest BCUT2D eigenvalue weighted by atomic mass is 9.82. The average molecular weight is 447 g/mol. The number of rotatable bonds is 5. The summed E-state index contributed by atoms with van der Waals surface area (Å²) >= 11 is 1.05. The lowest BCUT2D eigenvalue weighted by Crippen LogP contribution is -2.50. The summed E-state index contributed by atoms with van der Waals surface area (Å²) in [6, 6.07) is 0.841. The second kappa shape index (κ2) is 9.86. The average Bonchev–Trinajstić information content (AvgIpc) is 3.10. The summed E-state index contributed by atoms with van der Waals surface area (Å²) in [6.07, 6.45) is 3.42. The van der Waals surface area contributed by atoms with Crippen molar-refractivity contribution in [1.29, 1.82) is 0 Å². The van der Waals surface area contributed by atoms with Gasteiger partial charge in [0.05, 0.1) is 10.6 Å². The van der Waals surface area contributed by atoms with E-state index in [9.17, 15) is 19.5 Å². The van der Waals surface area contributed by atoms with Gasteiger partial charge >= 0.3 is 5.97 Å². The van der Waals surface area contributed by atoms with Gasteiger partial charge in [0, 0.05) is 25.4 Å². The molecule has 1 N–H and O–H groups in total. The van der Waals surface area contributed by atoms with Crippen LogP contribution < -0.4 is 4.90 Å². The number of amides is 2. The summed E-state index contributed by atoms with van der Waals surface area (Å²) in [5.41, 5.74) is 0.0257. The van der Waals surface area contributed by atoms with Crippen molar-refractivity contribution in [2.45, 2.75) is 66.3 Å². The number of anilines is 1. The summed E-state index contributed by atoms with van der Waals surface area (Å²) < 4.78 is 0. The van der Waals surface area contributed by atoms with E-state index in [-0.39, 0.29) is 33.7 Å². The molecule has 1 heterocycles. The molecule has 0 saturated heterocycles. The third-order valence-electron chi connectivity index (χ3n) is 5.51. The predicted octanol–water partition coefficient (Wildman–Crippen LogP) is 4.48. The number of hydrogen-bond donors (Lipinski definition) is 1. The first-order chi connectivity index (χ1) is 14.3. The fourth-order valence-corrected chi connectivity index (χ4v) is 4.57. The fraction of sp³-hybridized carbons (Fsp3) is 0.625. The zero-order valence-electron chi connectivity index (χ0n) is 19.6. The molecule has 1 aromatic heterocycles. The lowest BCUT2D eigenvalue weighted by molar-refractivity contribution is -0.133. The number of carbonyl (C=O) groups is 3. The van der Waals surface area contributed by atoms with Crippen LogP contribution in [0.3, 0.4) is 0 Å². The number of thiophene rings is 1. The zero-order valence-corrected chi connectivity index (χ0v) is 20.4. The van der Waals surface area contributed by atoms with Crippen LogP contribution in [0.15, 0.2) is 6.07 Å². The van der Waals surface area contributed by atoms with Crippen molar-refractivity contribution in [2.75, 3.05) is 19.0 Å². The summed E-state index contributed by atoms with van der Waals surface area (Å²) in [7, 11) is 3.27. The Morgan fingerprint density at radius 2 is 1.74 bits per heavy atom. The second-order valence-corrected chi connectivity index (χ2v) is 10.8. The van der Waals surface area contributed by atoms with Crippen LogP contribution in [0.2, 0.25) is 0 Å². The predicted molar refractivity (Wildman–Crippen MR) is 124 cm³/mol. The van der Waals surface area contributed by atoms with Crippen LogP contribution in [0.25, 0.3) is 0 Å². The van der Waals surface area contributed by atoms with Gasteiger partial charge in [-0.15, -0.1) is 11.3 Å². The molecule has 0 spiro atoms. The van der Waals surface area contributed by atoms with Crippen molar-refractivity contribution in [3.8, 4) is 11.8 Å². The SMILES string of the molecule is CC(C(=O)N(C)C)N(c1cc(C#CC(C)(C)C)sc1C(=O)O)C(=O)[C@H]1CC[C@H](C)CC1. The highest BCUT2D eigenvalue weighted by Gasteiger charge is 2.37. The van der Waals surface area contributed by atoms with Gasteiger partial charge in [0.25, 0.3) is 0 Å². The molecule has 6 nitrogen and oxygen atoms in total. The van der Waals surface area contributed by atoms with Gasteiger partial charge in [0.1, 0.15) is 10.9 Å². The van der Waals surface area contributed by atoms with E-state index in [1.54, 1.807) is 27.1 Å². The van der Waals surface area contributed by atoms with Gasteiger partial charge < -0.3 is 10.0 Å². The van der Waals surface area contributed by atoms with Crippen LogP contribution >= 0.6 is 11.3 Å². The van der Waals surface area contributed by atoms with E-state index < -0.39 is 12.0 Å². The van der Waals surface area contributed by atoms with Crippen LogP contribution in [0.5, 0.6) is 0 Å². The molecule has 0 bridgehead atoms. The van der Waals surface area contributed by atoms with E-state index in [4.69, 9.17) is 0 Å². The molecule has 1 aromatic rings. The van der Waals surface area contributed by atoms with Gasteiger partial charge in [-0.1, -0.05) is 18.8 Å².